The number of hydrogen-bond donors (Lipinski definition) is 0. The van der Waals surface area contributed by atoms with Crippen molar-refractivity contribution in [3.8, 4) is 0 Å². The molecule has 1 aliphatic rings. The second-order valence-corrected chi connectivity index (χ2v) is 5.60. The van der Waals surface area contributed by atoms with E-state index in [-0.39, 0.29) is 0 Å². The Kier molecular flexibility index (Phi) is 3.22. The molecule has 2 nitrogen and oxygen atoms in total. The number of alkyl halides is 1. The molecule has 0 radical (unpaired) electrons. The molecule has 0 amide bonds. The standard InChI is InChI=1S/C10H15BrN2S/c1-13-6-5-12-9(13)14-8-10(7-11)3-2-4-10/h5-6H,2-4,7-8H2,1H3. The number of hydrogen-bond acceptors (Lipinski definition) is 2. The highest BCUT2D eigenvalue weighted by atomic mass is 79.9. The molecule has 2 rings (SSSR count). The first-order valence-electron chi connectivity index (χ1n) is 4.92. The van der Waals surface area contributed by atoms with Gasteiger partial charge in [0.1, 0.15) is 0 Å². The zero-order valence-corrected chi connectivity index (χ0v) is 10.8. The summed E-state index contributed by atoms with van der Waals surface area (Å²) in [6.07, 6.45) is 8.01. The first kappa shape index (κ1) is 10.6. The Balaban J connectivity index is 1.90. The van der Waals surface area contributed by atoms with Gasteiger partial charge in [-0.15, -0.1) is 0 Å². The summed E-state index contributed by atoms with van der Waals surface area (Å²) in [4.78, 5) is 4.32. The van der Waals surface area contributed by atoms with Gasteiger partial charge < -0.3 is 4.57 Å². The van der Waals surface area contributed by atoms with Crippen molar-refractivity contribution in [1.29, 1.82) is 0 Å². The molecule has 0 aromatic carbocycles. The van der Waals surface area contributed by atoms with Gasteiger partial charge in [-0.1, -0.05) is 34.1 Å². The van der Waals surface area contributed by atoms with Gasteiger partial charge in [-0.3, -0.25) is 0 Å². The highest BCUT2D eigenvalue weighted by molar-refractivity contribution is 9.09. The van der Waals surface area contributed by atoms with Crippen LogP contribution in [0.2, 0.25) is 0 Å². The first-order chi connectivity index (χ1) is 6.76. The van der Waals surface area contributed by atoms with Crippen molar-refractivity contribution in [3.63, 3.8) is 0 Å². The van der Waals surface area contributed by atoms with Crippen molar-refractivity contribution in [2.24, 2.45) is 12.5 Å². The Morgan fingerprint density at radius 2 is 2.43 bits per heavy atom. The third-order valence-electron chi connectivity index (χ3n) is 2.98. The molecule has 14 heavy (non-hydrogen) atoms. The lowest BCUT2D eigenvalue weighted by Crippen LogP contribution is -2.33. The molecular weight excluding hydrogens is 260 g/mol. The fourth-order valence-electron chi connectivity index (χ4n) is 1.70. The minimum atomic E-state index is 0.552. The van der Waals surface area contributed by atoms with Gasteiger partial charge in [0.25, 0.3) is 0 Å². The third-order valence-corrected chi connectivity index (χ3v) is 5.58. The van der Waals surface area contributed by atoms with E-state index in [9.17, 15) is 0 Å². The molecule has 1 heterocycles. The van der Waals surface area contributed by atoms with Crippen LogP contribution < -0.4 is 0 Å². The summed E-state index contributed by atoms with van der Waals surface area (Å²) in [7, 11) is 2.05. The summed E-state index contributed by atoms with van der Waals surface area (Å²) in [5, 5.41) is 2.27. The average molecular weight is 275 g/mol. The van der Waals surface area contributed by atoms with Gasteiger partial charge in [-0.05, 0) is 18.3 Å². The van der Waals surface area contributed by atoms with E-state index in [2.05, 4.69) is 32.5 Å². The molecule has 1 aromatic rings. The van der Waals surface area contributed by atoms with Crippen molar-refractivity contribution in [2.45, 2.75) is 24.4 Å². The van der Waals surface area contributed by atoms with Gasteiger partial charge in [-0.25, -0.2) is 4.98 Å². The Hall–Kier alpha value is 0.0400. The van der Waals surface area contributed by atoms with E-state index in [1.807, 2.05) is 24.2 Å². The molecule has 1 aromatic heterocycles. The number of nitrogens with zero attached hydrogens (tertiary/aromatic N) is 2. The topological polar surface area (TPSA) is 17.8 Å². The van der Waals surface area contributed by atoms with Crippen molar-refractivity contribution < 1.29 is 0 Å². The van der Waals surface area contributed by atoms with Gasteiger partial charge in [0, 0.05) is 30.5 Å². The number of halogens is 1. The van der Waals surface area contributed by atoms with Crippen LogP contribution >= 0.6 is 27.7 Å². The normalized spacial score (nSPS) is 19.3. The molecule has 4 heteroatoms. The lowest BCUT2D eigenvalue weighted by molar-refractivity contribution is 0.206. The molecule has 0 N–H and O–H groups in total. The summed E-state index contributed by atoms with van der Waals surface area (Å²) >= 11 is 5.51. The Bertz CT molecular complexity index is 301. The smallest absolute Gasteiger partial charge is 0.167 e. The molecule has 1 aliphatic carbocycles. The average Bonchev–Trinajstić information content (AvgIpc) is 2.51. The molecular formula is C10H15BrN2S. The second kappa shape index (κ2) is 4.27. The van der Waals surface area contributed by atoms with Crippen molar-refractivity contribution >= 4 is 27.7 Å². The maximum absolute atomic E-state index is 4.32. The van der Waals surface area contributed by atoms with Crippen LogP contribution in [0.5, 0.6) is 0 Å². The fourth-order valence-corrected chi connectivity index (χ4v) is 3.95. The van der Waals surface area contributed by atoms with Gasteiger partial charge in [0.15, 0.2) is 5.16 Å². The van der Waals surface area contributed by atoms with E-state index in [1.54, 1.807) is 0 Å². The number of aryl methyl sites for hydroxylation is 1. The van der Waals surface area contributed by atoms with Crippen molar-refractivity contribution in [1.82, 2.24) is 9.55 Å². The van der Waals surface area contributed by atoms with Crippen molar-refractivity contribution in [3.05, 3.63) is 12.4 Å². The van der Waals surface area contributed by atoms with Crippen LogP contribution in [-0.2, 0) is 7.05 Å². The molecule has 78 valence electrons. The summed E-state index contributed by atoms with van der Waals surface area (Å²) in [5.41, 5.74) is 0.552. The zero-order valence-electron chi connectivity index (χ0n) is 8.37. The first-order valence-corrected chi connectivity index (χ1v) is 7.03. The van der Waals surface area contributed by atoms with Crippen LogP contribution in [0.25, 0.3) is 0 Å². The zero-order chi connectivity index (χ0) is 10.0. The maximum Gasteiger partial charge on any atom is 0.167 e. The number of thioether (sulfide) groups is 1. The third kappa shape index (κ3) is 2.01. The molecule has 0 atom stereocenters. The highest BCUT2D eigenvalue weighted by Gasteiger charge is 2.35. The minimum Gasteiger partial charge on any atom is -0.329 e. The number of aromatic nitrogens is 2. The van der Waals surface area contributed by atoms with E-state index in [4.69, 9.17) is 0 Å². The van der Waals surface area contributed by atoms with Crippen LogP contribution in [0.4, 0.5) is 0 Å². The number of rotatable bonds is 4. The number of imidazole rings is 1. The van der Waals surface area contributed by atoms with E-state index < -0.39 is 0 Å². The van der Waals surface area contributed by atoms with Gasteiger partial charge in [-0.2, -0.15) is 0 Å². The molecule has 0 aliphatic heterocycles. The monoisotopic (exact) mass is 274 g/mol. The van der Waals surface area contributed by atoms with E-state index in [0.717, 1.165) is 10.5 Å². The van der Waals surface area contributed by atoms with Crippen LogP contribution in [0.15, 0.2) is 17.6 Å². The van der Waals surface area contributed by atoms with Gasteiger partial charge in [0.05, 0.1) is 0 Å². The largest absolute Gasteiger partial charge is 0.329 e. The molecule has 1 fully saturated rings. The van der Waals surface area contributed by atoms with E-state index >= 15 is 0 Å². The lowest BCUT2D eigenvalue weighted by Gasteiger charge is -2.40. The summed E-state index contributed by atoms with van der Waals surface area (Å²) in [5.74, 6) is 1.20. The van der Waals surface area contributed by atoms with Crippen molar-refractivity contribution in [2.75, 3.05) is 11.1 Å². The SMILES string of the molecule is Cn1ccnc1SCC1(CBr)CCC1. The molecule has 0 spiro atoms. The summed E-state index contributed by atoms with van der Waals surface area (Å²) in [6.45, 7) is 0. The summed E-state index contributed by atoms with van der Waals surface area (Å²) < 4.78 is 2.09. The van der Waals surface area contributed by atoms with Gasteiger partial charge in [0.2, 0.25) is 0 Å². The van der Waals surface area contributed by atoms with E-state index in [1.165, 1.54) is 25.0 Å². The van der Waals surface area contributed by atoms with Crippen LogP contribution in [-0.4, -0.2) is 20.6 Å². The highest BCUT2D eigenvalue weighted by Crippen LogP contribution is 2.45. The Labute approximate surface area is 97.6 Å². The minimum absolute atomic E-state index is 0.552. The second-order valence-electron chi connectivity index (χ2n) is 4.10. The Morgan fingerprint density at radius 1 is 1.64 bits per heavy atom. The van der Waals surface area contributed by atoms with Crippen LogP contribution in [0.1, 0.15) is 19.3 Å². The Morgan fingerprint density at radius 3 is 2.86 bits per heavy atom. The van der Waals surface area contributed by atoms with Gasteiger partial charge >= 0.3 is 0 Å². The predicted octanol–water partition coefficient (Wildman–Crippen LogP) is 3.08. The molecule has 0 bridgehead atoms. The molecule has 1 saturated carbocycles. The predicted molar refractivity (Wildman–Crippen MR) is 64.0 cm³/mol. The molecule has 0 unspecified atom stereocenters. The van der Waals surface area contributed by atoms with E-state index in [0.29, 0.717) is 5.41 Å². The summed E-state index contributed by atoms with van der Waals surface area (Å²) in [6, 6.07) is 0. The fraction of sp³-hybridized carbons (Fsp3) is 0.700. The maximum atomic E-state index is 4.32. The quantitative estimate of drug-likeness (QED) is 0.621. The lowest BCUT2D eigenvalue weighted by atomic mass is 9.72. The van der Waals surface area contributed by atoms with Crippen LogP contribution in [0.3, 0.4) is 0 Å². The van der Waals surface area contributed by atoms with Crippen LogP contribution in [0, 0.1) is 5.41 Å². The molecule has 0 saturated heterocycles.